The molecule has 0 aliphatic rings. The molecular weight excluding hydrogens is 568 g/mol. The van der Waals surface area contributed by atoms with Crippen molar-refractivity contribution in [2.75, 3.05) is 6.61 Å². The lowest BCUT2D eigenvalue weighted by atomic mass is 10.1. The average molecular weight is 605 g/mol. The van der Waals surface area contributed by atoms with E-state index in [0.29, 0.717) is 30.2 Å². The van der Waals surface area contributed by atoms with Crippen LogP contribution in [-0.4, -0.2) is 40.8 Å². The summed E-state index contributed by atoms with van der Waals surface area (Å²) in [5.74, 6) is -2.68. The van der Waals surface area contributed by atoms with Crippen LogP contribution in [0.4, 0.5) is 17.6 Å². The molecule has 232 valence electrons. The molecule has 2 aromatic carbocycles. The third kappa shape index (κ3) is 10.6. The molecule has 0 amide bonds. The Bertz CT molecular complexity index is 1310. The van der Waals surface area contributed by atoms with E-state index in [-0.39, 0.29) is 17.7 Å². The Balaban J connectivity index is 1.54. The number of rotatable bonds is 16. The summed E-state index contributed by atoms with van der Waals surface area (Å²) in [6, 6.07) is 8.97. The van der Waals surface area contributed by atoms with Crippen LogP contribution in [0.25, 0.3) is 11.4 Å². The molecule has 1 atom stereocenters. The van der Waals surface area contributed by atoms with Gasteiger partial charge >= 0.3 is 18.1 Å². The number of ether oxygens (including phenoxy) is 3. The number of nitrogens with zero attached hydrogens (tertiary/aromatic N) is 2. The molecule has 0 N–H and O–H groups in total. The largest absolute Gasteiger partial charge is 0.490 e. The van der Waals surface area contributed by atoms with Crippen molar-refractivity contribution in [2.45, 2.75) is 83.9 Å². The van der Waals surface area contributed by atoms with Crippen LogP contribution in [0, 0.1) is 5.82 Å². The number of esters is 2. The molecule has 0 saturated heterocycles. The van der Waals surface area contributed by atoms with Gasteiger partial charge in [0.25, 0.3) is 0 Å². The zero-order chi connectivity index (χ0) is 31.2. The molecule has 0 aliphatic carbocycles. The Kier molecular flexibility index (Phi) is 12.9. The van der Waals surface area contributed by atoms with Gasteiger partial charge in [-0.15, -0.1) is 0 Å². The smallest absolute Gasteiger partial charge is 0.425 e. The molecule has 3 aromatic rings. The minimum atomic E-state index is -4.77. The van der Waals surface area contributed by atoms with Crippen molar-refractivity contribution < 1.29 is 41.4 Å². The van der Waals surface area contributed by atoms with E-state index in [9.17, 15) is 27.2 Å². The number of hydrogen-bond acceptors (Lipinski definition) is 7. The Morgan fingerprint density at radius 3 is 2.09 bits per heavy atom. The lowest BCUT2D eigenvalue weighted by Crippen LogP contribution is -2.34. The maximum atomic E-state index is 14.6. The van der Waals surface area contributed by atoms with E-state index < -0.39 is 42.0 Å². The fourth-order valence-corrected chi connectivity index (χ4v) is 4.13. The van der Waals surface area contributed by atoms with Gasteiger partial charge in [0.05, 0.1) is 30.1 Å². The van der Waals surface area contributed by atoms with Crippen molar-refractivity contribution >= 4 is 11.9 Å². The molecule has 0 radical (unpaired) electrons. The fourth-order valence-electron chi connectivity index (χ4n) is 4.13. The molecule has 0 saturated carbocycles. The van der Waals surface area contributed by atoms with Crippen LogP contribution in [0.3, 0.4) is 0 Å². The maximum absolute atomic E-state index is 14.6. The Labute approximate surface area is 248 Å². The molecular formula is C32H36F4N2O5. The first-order valence-corrected chi connectivity index (χ1v) is 14.5. The standard InChI is InChI=1S/C32H36F4N2O5/c1-3-5-7-8-9-10-18-41-25-20-37-29(38-21-25)22-12-14-23(15-13-22)30(39)42-24-16-17-26(27(33)19-24)31(40)43-28(11-6-4-2)32(34,35)36/h12-17,19-21,28H,3-11,18H2,1-2H3/t28-/m0/s1. The van der Waals surface area contributed by atoms with Crippen molar-refractivity contribution in [3.63, 3.8) is 0 Å². The zero-order valence-electron chi connectivity index (χ0n) is 24.3. The second-order valence-corrected chi connectivity index (χ2v) is 10.0. The van der Waals surface area contributed by atoms with Crippen molar-refractivity contribution in [3.05, 3.63) is 71.8 Å². The summed E-state index contributed by atoms with van der Waals surface area (Å²) in [4.78, 5) is 33.4. The van der Waals surface area contributed by atoms with Gasteiger partial charge in [0.2, 0.25) is 0 Å². The highest BCUT2D eigenvalue weighted by Crippen LogP contribution is 2.29. The molecule has 7 nitrogen and oxygen atoms in total. The van der Waals surface area contributed by atoms with E-state index in [1.807, 2.05) is 0 Å². The lowest BCUT2D eigenvalue weighted by molar-refractivity contribution is -0.206. The first kappa shape index (κ1) is 33.5. The van der Waals surface area contributed by atoms with Gasteiger partial charge in [0.15, 0.2) is 17.7 Å². The van der Waals surface area contributed by atoms with Crippen LogP contribution in [0.2, 0.25) is 0 Å². The first-order valence-electron chi connectivity index (χ1n) is 14.5. The van der Waals surface area contributed by atoms with Crippen LogP contribution < -0.4 is 9.47 Å². The third-order valence-corrected chi connectivity index (χ3v) is 6.58. The van der Waals surface area contributed by atoms with Gasteiger partial charge in [-0.25, -0.2) is 23.9 Å². The zero-order valence-corrected chi connectivity index (χ0v) is 24.3. The SMILES string of the molecule is CCCCCCCCOc1cnc(-c2ccc(C(=O)Oc3ccc(C(=O)O[C@@H](CCCC)C(F)(F)F)c(F)c3)cc2)nc1. The number of carbonyl (C=O) groups excluding carboxylic acids is 2. The van der Waals surface area contributed by atoms with E-state index in [1.54, 1.807) is 31.5 Å². The number of alkyl halides is 3. The summed E-state index contributed by atoms with van der Waals surface area (Å²) < 4.78 is 69.5. The monoisotopic (exact) mass is 604 g/mol. The number of halogens is 4. The van der Waals surface area contributed by atoms with Crippen molar-refractivity contribution in [1.82, 2.24) is 9.97 Å². The lowest BCUT2D eigenvalue weighted by Gasteiger charge is -2.20. The highest BCUT2D eigenvalue weighted by atomic mass is 19.4. The van der Waals surface area contributed by atoms with Gasteiger partial charge in [-0.3, -0.25) is 0 Å². The Morgan fingerprint density at radius 1 is 0.814 bits per heavy atom. The van der Waals surface area contributed by atoms with Crippen LogP contribution >= 0.6 is 0 Å². The summed E-state index contributed by atoms with van der Waals surface area (Å²) >= 11 is 0. The first-order chi connectivity index (χ1) is 20.6. The molecule has 0 bridgehead atoms. The molecule has 0 unspecified atom stereocenters. The van der Waals surface area contributed by atoms with E-state index in [4.69, 9.17) is 9.47 Å². The predicted molar refractivity (Wildman–Crippen MR) is 152 cm³/mol. The van der Waals surface area contributed by atoms with Crippen LogP contribution in [0.15, 0.2) is 54.9 Å². The Morgan fingerprint density at radius 2 is 1.47 bits per heavy atom. The maximum Gasteiger partial charge on any atom is 0.425 e. The summed E-state index contributed by atoms with van der Waals surface area (Å²) in [5.41, 5.74) is 0.0910. The minimum Gasteiger partial charge on any atom is -0.490 e. The molecule has 1 aromatic heterocycles. The molecule has 0 aliphatic heterocycles. The van der Waals surface area contributed by atoms with E-state index in [0.717, 1.165) is 31.0 Å². The quantitative estimate of drug-likeness (QED) is 0.0701. The molecule has 0 spiro atoms. The number of aromatic nitrogens is 2. The van der Waals surface area contributed by atoms with E-state index in [2.05, 4.69) is 21.6 Å². The highest BCUT2D eigenvalue weighted by molar-refractivity contribution is 5.92. The van der Waals surface area contributed by atoms with Crippen LogP contribution in [0.5, 0.6) is 11.5 Å². The topological polar surface area (TPSA) is 87.6 Å². The molecule has 0 fully saturated rings. The predicted octanol–water partition coefficient (Wildman–Crippen LogP) is 8.52. The van der Waals surface area contributed by atoms with Gasteiger partial charge in [-0.2, -0.15) is 13.2 Å². The fraction of sp³-hybridized carbons (Fsp3) is 0.438. The summed E-state index contributed by atoms with van der Waals surface area (Å²) in [7, 11) is 0. The van der Waals surface area contributed by atoms with Crippen LogP contribution in [0.1, 0.15) is 92.4 Å². The second-order valence-electron chi connectivity index (χ2n) is 10.0. The molecule has 1 heterocycles. The van der Waals surface area contributed by atoms with E-state index in [1.165, 1.54) is 37.8 Å². The molecule has 11 heteroatoms. The van der Waals surface area contributed by atoms with Crippen molar-refractivity contribution in [3.8, 4) is 22.9 Å². The average Bonchev–Trinajstić information content (AvgIpc) is 2.98. The summed E-state index contributed by atoms with van der Waals surface area (Å²) in [6.45, 7) is 4.48. The van der Waals surface area contributed by atoms with Gasteiger partial charge < -0.3 is 14.2 Å². The second kappa shape index (κ2) is 16.6. The number of unbranched alkanes of at least 4 members (excludes halogenated alkanes) is 6. The summed E-state index contributed by atoms with van der Waals surface area (Å²) in [5, 5.41) is 0. The van der Waals surface area contributed by atoms with Gasteiger partial charge in [-0.05, 0) is 43.5 Å². The summed E-state index contributed by atoms with van der Waals surface area (Å²) in [6.07, 6.45) is 3.28. The molecule has 43 heavy (non-hydrogen) atoms. The van der Waals surface area contributed by atoms with Crippen molar-refractivity contribution in [2.24, 2.45) is 0 Å². The molecule has 3 rings (SSSR count). The number of carbonyl (C=O) groups is 2. The Hall–Kier alpha value is -4.02. The highest BCUT2D eigenvalue weighted by Gasteiger charge is 2.42. The van der Waals surface area contributed by atoms with Crippen LogP contribution in [-0.2, 0) is 4.74 Å². The number of hydrogen-bond donors (Lipinski definition) is 0. The third-order valence-electron chi connectivity index (χ3n) is 6.58. The van der Waals surface area contributed by atoms with Gasteiger partial charge in [-0.1, -0.05) is 64.5 Å². The van der Waals surface area contributed by atoms with Gasteiger partial charge in [0, 0.05) is 11.6 Å². The normalized spacial score (nSPS) is 12.0. The van der Waals surface area contributed by atoms with Crippen molar-refractivity contribution in [1.29, 1.82) is 0 Å². The minimum absolute atomic E-state index is 0.149. The van der Waals surface area contributed by atoms with E-state index >= 15 is 0 Å². The van der Waals surface area contributed by atoms with Gasteiger partial charge in [0.1, 0.15) is 11.6 Å². The number of benzene rings is 2.